The SMILES string of the molecule is CNCC(C)C(=O)Nc1cccc(N(C)C(C)C)c1. The number of rotatable bonds is 6. The van der Waals surface area contributed by atoms with E-state index in [0.29, 0.717) is 12.6 Å². The number of benzene rings is 1. The van der Waals surface area contributed by atoms with Gasteiger partial charge in [0, 0.05) is 36.9 Å². The molecule has 0 aromatic heterocycles. The molecule has 0 aliphatic rings. The first-order chi connectivity index (χ1) is 8.95. The van der Waals surface area contributed by atoms with Gasteiger partial charge in [0.05, 0.1) is 0 Å². The van der Waals surface area contributed by atoms with Crippen molar-refractivity contribution in [1.29, 1.82) is 0 Å². The molecular weight excluding hydrogens is 238 g/mol. The van der Waals surface area contributed by atoms with E-state index in [1.807, 2.05) is 38.2 Å². The third kappa shape index (κ3) is 4.56. The largest absolute Gasteiger partial charge is 0.372 e. The highest BCUT2D eigenvalue weighted by molar-refractivity contribution is 5.92. The summed E-state index contributed by atoms with van der Waals surface area (Å²) in [5.74, 6) is -0.00446. The Hall–Kier alpha value is -1.55. The quantitative estimate of drug-likeness (QED) is 0.828. The lowest BCUT2D eigenvalue weighted by Crippen LogP contribution is -2.29. The second-order valence-corrected chi connectivity index (χ2v) is 5.20. The van der Waals surface area contributed by atoms with Crippen LogP contribution >= 0.6 is 0 Å². The molecular formula is C15H25N3O. The van der Waals surface area contributed by atoms with Crippen LogP contribution in [0.1, 0.15) is 20.8 Å². The first-order valence-corrected chi connectivity index (χ1v) is 6.74. The second kappa shape index (κ2) is 7.14. The summed E-state index contributed by atoms with van der Waals surface area (Å²) in [6.45, 7) is 6.87. The molecule has 4 heteroatoms. The topological polar surface area (TPSA) is 44.4 Å². The van der Waals surface area contributed by atoms with Crippen molar-refractivity contribution in [1.82, 2.24) is 5.32 Å². The summed E-state index contributed by atoms with van der Waals surface area (Å²) in [5.41, 5.74) is 1.95. The van der Waals surface area contributed by atoms with Crippen molar-refractivity contribution in [3.8, 4) is 0 Å². The number of amides is 1. The Kier molecular flexibility index (Phi) is 5.83. The summed E-state index contributed by atoms with van der Waals surface area (Å²) in [5, 5.41) is 5.96. The van der Waals surface area contributed by atoms with Gasteiger partial charge in [-0.05, 0) is 39.1 Å². The van der Waals surface area contributed by atoms with Crippen LogP contribution in [0.15, 0.2) is 24.3 Å². The molecule has 0 aliphatic heterocycles. The van der Waals surface area contributed by atoms with E-state index < -0.39 is 0 Å². The van der Waals surface area contributed by atoms with E-state index in [2.05, 4.69) is 36.4 Å². The summed E-state index contributed by atoms with van der Waals surface area (Å²) in [6, 6.07) is 8.36. The Morgan fingerprint density at radius 3 is 2.58 bits per heavy atom. The molecule has 0 heterocycles. The van der Waals surface area contributed by atoms with Crippen LogP contribution < -0.4 is 15.5 Å². The molecule has 0 bridgehead atoms. The van der Waals surface area contributed by atoms with Crippen LogP contribution in [0.2, 0.25) is 0 Å². The lowest BCUT2D eigenvalue weighted by molar-refractivity contribution is -0.119. The molecule has 1 amide bonds. The zero-order chi connectivity index (χ0) is 14.4. The molecule has 0 saturated heterocycles. The Morgan fingerprint density at radius 2 is 2.00 bits per heavy atom. The van der Waals surface area contributed by atoms with Gasteiger partial charge in [-0.3, -0.25) is 4.79 Å². The van der Waals surface area contributed by atoms with Crippen molar-refractivity contribution in [2.24, 2.45) is 5.92 Å². The minimum atomic E-state index is -0.0449. The van der Waals surface area contributed by atoms with Crippen molar-refractivity contribution >= 4 is 17.3 Å². The van der Waals surface area contributed by atoms with Crippen molar-refractivity contribution < 1.29 is 4.79 Å². The van der Waals surface area contributed by atoms with Gasteiger partial charge in [0.15, 0.2) is 0 Å². The standard InChI is InChI=1S/C15H25N3O/c1-11(2)18(5)14-8-6-7-13(9-14)17-15(19)12(3)10-16-4/h6-9,11-12,16H,10H2,1-5H3,(H,17,19). The molecule has 0 fully saturated rings. The van der Waals surface area contributed by atoms with Gasteiger partial charge in [0.2, 0.25) is 5.91 Å². The fraction of sp³-hybridized carbons (Fsp3) is 0.533. The van der Waals surface area contributed by atoms with Gasteiger partial charge in [-0.1, -0.05) is 13.0 Å². The fourth-order valence-electron chi connectivity index (χ4n) is 1.77. The van der Waals surface area contributed by atoms with Crippen molar-refractivity contribution in [2.75, 3.05) is 30.9 Å². The lowest BCUT2D eigenvalue weighted by atomic mass is 10.1. The zero-order valence-electron chi connectivity index (χ0n) is 12.5. The molecule has 1 aromatic carbocycles. The molecule has 1 rings (SSSR count). The van der Waals surface area contributed by atoms with Gasteiger partial charge in [-0.15, -0.1) is 0 Å². The summed E-state index contributed by atoms with van der Waals surface area (Å²) >= 11 is 0. The molecule has 106 valence electrons. The van der Waals surface area contributed by atoms with Gasteiger partial charge in [0.25, 0.3) is 0 Å². The van der Waals surface area contributed by atoms with Crippen LogP contribution in [-0.4, -0.2) is 32.6 Å². The van der Waals surface area contributed by atoms with E-state index in [4.69, 9.17) is 0 Å². The summed E-state index contributed by atoms with van der Waals surface area (Å²) in [7, 11) is 3.90. The average Bonchev–Trinajstić information content (AvgIpc) is 2.38. The van der Waals surface area contributed by atoms with Gasteiger partial charge in [-0.25, -0.2) is 0 Å². The number of nitrogens with zero attached hydrogens (tertiary/aromatic N) is 1. The van der Waals surface area contributed by atoms with Crippen molar-refractivity contribution in [3.63, 3.8) is 0 Å². The van der Waals surface area contributed by atoms with Crippen LogP contribution in [0, 0.1) is 5.92 Å². The highest BCUT2D eigenvalue weighted by Gasteiger charge is 2.12. The fourth-order valence-corrected chi connectivity index (χ4v) is 1.77. The van der Waals surface area contributed by atoms with Gasteiger partial charge in [0.1, 0.15) is 0 Å². The minimum Gasteiger partial charge on any atom is -0.372 e. The molecule has 1 unspecified atom stereocenters. The molecule has 0 radical (unpaired) electrons. The van der Waals surface area contributed by atoms with Crippen molar-refractivity contribution in [3.05, 3.63) is 24.3 Å². The number of carbonyl (C=O) groups excluding carboxylic acids is 1. The Bertz CT molecular complexity index is 418. The second-order valence-electron chi connectivity index (χ2n) is 5.20. The molecule has 1 aromatic rings. The molecule has 0 aliphatic carbocycles. The zero-order valence-corrected chi connectivity index (χ0v) is 12.5. The Balaban J connectivity index is 2.74. The highest BCUT2D eigenvalue weighted by atomic mass is 16.1. The summed E-state index contributed by atoms with van der Waals surface area (Å²) in [4.78, 5) is 14.1. The van der Waals surface area contributed by atoms with Crippen LogP contribution in [0.5, 0.6) is 0 Å². The number of hydrogen-bond acceptors (Lipinski definition) is 3. The van der Waals surface area contributed by atoms with E-state index in [9.17, 15) is 4.79 Å². The van der Waals surface area contributed by atoms with Crippen molar-refractivity contribution in [2.45, 2.75) is 26.8 Å². The third-order valence-corrected chi connectivity index (χ3v) is 3.25. The molecule has 0 spiro atoms. The molecule has 4 nitrogen and oxygen atoms in total. The van der Waals surface area contributed by atoms with E-state index in [1.54, 1.807) is 0 Å². The predicted molar refractivity (Wildman–Crippen MR) is 81.7 cm³/mol. The molecule has 0 saturated carbocycles. The maximum absolute atomic E-state index is 12.0. The normalized spacial score (nSPS) is 12.3. The number of nitrogens with one attached hydrogen (secondary N) is 2. The third-order valence-electron chi connectivity index (χ3n) is 3.25. The minimum absolute atomic E-state index is 0.0405. The van der Waals surface area contributed by atoms with Gasteiger partial charge >= 0.3 is 0 Å². The van der Waals surface area contributed by atoms with E-state index >= 15 is 0 Å². The van der Waals surface area contributed by atoms with E-state index in [0.717, 1.165) is 11.4 Å². The first kappa shape index (κ1) is 15.5. The Labute approximate surface area is 116 Å². The highest BCUT2D eigenvalue weighted by Crippen LogP contribution is 2.20. The maximum atomic E-state index is 12.0. The molecule has 1 atom stereocenters. The van der Waals surface area contributed by atoms with Crippen LogP contribution in [0.25, 0.3) is 0 Å². The first-order valence-electron chi connectivity index (χ1n) is 6.74. The van der Waals surface area contributed by atoms with Crippen LogP contribution in [0.4, 0.5) is 11.4 Å². The maximum Gasteiger partial charge on any atom is 0.228 e. The number of anilines is 2. The van der Waals surface area contributed by atoms with Gasteiger partial charge < -0.3 is 15.5 Å². The van der Waals surface area contributed by atoms with E-state index in [-0.39, 0.29) is 11.8 Å². The van der Waals surface area contributed by atoms with Crippen LogP contribution in [-0.2, 0) is 4.79 Å². The lowest BCUT2D eigenvalue weighted by Gasteiger charge is -2.24. The summed E-state index contributed by atoms with van der Waals surface area (Å²) in [6.07, 6.45) is 0. The Morgan fingerprint density at radius 1 is 1.32 bits per heavy atom. The summed E-state index contributed by atoms with van der Waals surface area (Å²) < 4.78 is 0. The number of hydrogen-bond donors (Lipinski definition) is 2. The molecule has 2 N–H and O–H groups in total. The van der Waals surface area contributed by atoms with Gasteiger partial charge in [-0.2, -0.15) is 0 Å². The van der Waals surface area contributed by atoms with E-state index in [1.165, 1.54) is 0 Å². The monoisotopic (exact) mass is 263 g/mol. The average molecular weight is 263 g/mol. The van der Waals surface area contributed by atoms with Crippen LogP contribution in [0.3, 0.4) is 0 Å². The number of carbonyl (C=O) groups is 1. The smallest absolute Gasteiger partial charge is 0.228 e. The predicted octanol–water partition coefficient (Wildman–Crippen LogP) is 2.33. The molecule has 19 heavy (non-hydrogen) atoms.